The minimum atomic E-state index is -4.33. The highest BCUT2D eigenvalue weighted by atomic mass is 19.4. The Kier molecular flexibility index (Phi) is 7.23. The van der Waals surface area contributed by atoms with Gasteiger partial charge in [0.15, 0.2) is 0 Å². The second-order valence-corrected chi connectivity index (χ2v) is 6.87. The summed E-state index contributed by atoms with van der Waals surface area (Å²) in [6.45, 7) is 5.43. The fourth-order valence-corrected chi connectivity index (χ4v) is 3.14. The first-order chi connectivity index (χ1) is 12.3. The van der Waals surface area contributed by atoms with Gasteiger partial charge in [0.2, 0.25) is 11.9 Å². The van der Waals surface area contributed by atoms with Gasteiger partial charge in [0, 0.05) is 37.0 Å². The average molecular weight is 372 g/mol. The van der Waals surface area contributed by atoms with Crippen molar-refractivity contribution in [2.45, 2.75) is 71.0 Å². The molecule has 1 atom stereocenters. The fourth-order valence-electron chi connectivity index (χ4n) is 3.14. The summed E-state index contributed by atoms with van der Waals surface area (Å²) in [5, 5.41) is 2.59. The molecule has 0 bridgehead atoms. The van der Waals surface area contributed by atoms with Crippen molar-refractivity contribution in [3.05, 3.63) is 17.5 Å². The van der Waals surface area contributed by atoms with Crippen molar-refractivity contribution in [3.63, 3.8) is 0 Å². The molecular weight excluding hydrogens is 345 g/mol. The normalized spacial score (nSPS) is 17.3. The topological polar surface area (TPSA) is 58.1 Å². The van der Waals surface area contributed by atoms with Crippen LogP contribution in [0.4, 0.5) is 19.1 Å². The number of anilines is 1. The van der Waals surface area contributed by atoms with Crippen molar-refractivity contribution in [2.75, 3.05) is 18.0 Å². The van der Waals surface area contributed by atoms with Crippen molar-refractivity contribution in [2.24, 2.45) is 0 Å². The Morgan fingerprint density at radius 1 is 1.23 bits per heavy atom. The van der Waals surface area contributed by atoms with Gasteiger partial charge >= 0.3 is 6.18 Å². The Morgan fingerprint density at radius 3 is 2.42 bits per heavy atom. The monoisotopic (exact) mass is 372 g/mol. The van der Waals surface area contributed by atoms with Gasteiger partial charge in [0.1, 0.15) is 0 Å². The minimum Gasteiger partial charge on any atom is -0.349 e. The van der Waals surface area contributed by atoms with Crippen LogP contribution in [0.5, 0.6) is 0 Å². The van der Waals surface area contributed by atoms with Crippen molar-refractivity contribution >= 4 is 11.9 Å². The molecule has 1 aromatic heterocycles. The SMILES string of the molecule is Cc1nc(N2CCCCCCC2)ncc1[C@H](C)NC(=O)CCC(F)(F)F. The molecule has 1 amide bonds. The predicted molar refractivity (Wildman–Crippen MR) is 93.9 cm³/mol. The quantitative estimate of drug-likeness (QED) is 0.846. The zero-order valence-corrected chi connectivity index (χ0v) is 15.4. The van der Waals surface area contributed by atoms with E-state index < -0.39 is 31.0 Å². The van der Waals surface area contributed by atoms with Crippen molar-refractivity contribution in [1.82, 2.24) is 15.3 Å². The molecule has 5 nitrogen and oxygen atoms in total. The second kappa shape index (κ2) is 9.19. The molecule has 1 saturated heterocycles. The van der Waals surface area contributed by atoms with Crippen LogP contribution in [0.2, 0.25) is 0 Å². The number of nitrogens with one attached hydrogen (secondary N) is 1. The van der Waals surface area contributed by atoms with Crippen molar-refractivity contribution in [1.29, 1.82) is 0 Å². The summed E-state index contributed by atoms with van der Waals surface area (Å²) in [5.74, 6) is 0.0609. The largest absolute Gasteiger partial charge is 0.389 e. The van der Waals surface area contributed by atoms with Crippen LogP contribution in [0.1, 0.15) is 69.2 Å². The van der Waals surface area contributed by atoms with Crippen LogP contribution in [0.25, 0.3) is 0 Å². The highest BCUT2D eigenvalue weighted by Crippen LogP contribution is 2.23. The Labute approximate surface area is 152 Å². The van der Waals surface area contributed by atoms with E-state index >= 15 is 0 Å². The molecular formula is C18H27F3N4O. The summed E-state index contributed by atoms with van der Waals surface area (Å²) in [5.41, 5.74) is 1.46. The Balaban J connectivity index is 1.98. The zero-order chi connectivity index (χ0) is 19.2. The number of aromatic nitrogens is 2. The molecule has 2 heterocycles. The van der Waals surface area contributed by atoms with E-state index in [0.717, 1.165) is 37.2 Å². The van der Waals surface area contributed by atoms with Gasteiger partial charge in [-0.05, 0) is 26.7 Å². The van der Waals surface area contributed by atoms with E-state index in [1.165, 1.54) is 19.3 Å². The van der Waals surface area contributed by atoms with Gasteiger partial charge in [-0.15, -0.1) is 0 Å². The van der Waals surface area contributed by atoms with Crippen LogP contribution in [0.15, 0.2) is 6.20 Å². The first-order valence-corrected chi connectivity index (χ1v) is 9.21. The van der Waals surface area contributed by atoms with Gasteiger partial charge in [-0.1, -0.05) is 19.3 Å². The Hall–Kier alpha value is -1.86. The van der Waals surface area contributed by atoms with Gasteiger partial charge in [0.25, 0.3) is 0 Å². The lowest BCUT2D eigenvalue weighted by Gasteiger charge is -2.25. The van der Waals surface area contributed by atoms with Crippen LogP contribution in [0, 0.1) is 6.92 Å². The lowest BCUT2D eigenvalue weighted by molar-refractivity contribution is -0.144. The smallest absolute Gasteiger partial charge is 0.349 e. The highest BCUT2D eigenvalue weighted by Gasteiger charge is 2.28. The maximum absolute atomic E-state index is 12.2. The van der Waals surface area contributed by atoms with Crippen LogP contribution in [0.3, 0.4) is 0 Å². The second-order valence-electron chi connectivity index (χ2n) is 6.87. The molecule has 0 radical (unpaired) electrons. The maximum Gasteiger partial charge on any atom is 0.389 e. The molecule has 0 unspecified atom stereocenters. The van der Waals surface area contributed by atoms with Gasteiger partial charge < -0.3 is 10.2 Å². The third kappa shape index (κ3) is 6.46. The van der Waals surface area contributed by atoms with Crippen LogP contribution >= 0.6 is 0 Å². The van der Waals surface area contributed by atoms with Gasteiger partial charge in [-0.25, -0.2) is 9.97 Å². The summed E-state index contributed by atoms with van der Waals surface area (Å²) in [7, 11) is 0. The average Bonchev–Trinajstić information content (AvgIpc) is 2.51. The standard InChI is InChI=1S/C18H27F3N4O/c1-13(23-16(26)8-9-18(19,20)21)15-12-22-17(24-14(15)2)25-10-6-4-3-5-7-11-25/h12-13H,3-11H2,1-2H3,(H,23,26)/t13-/m0/s1. The van der Waals surface area contributed by atoms with E-state index in [2.05, 4.69) is 20.2 Å². The Bertz CT molecular complexity index is 599. The van der Waals surface area contributed by atoms with Gasteiger partial charge in [0.05, 0.1) is 12.5 Å². The molecule has 1 fully saturated rings. The first-order valence-electron chi connectivity index (χ1n) is 9.21. The number of alkyl halides is 3. The van der Waals surface area contributed by atoms with Gasteiger partial charge in [-0.2, -0.15) is 13.2 Å². The highest BCUT2D eigenvalue weighted by molar-refractivity contribution is 5.76. The molecule has 0 saturated carbocycles. The molecule has 0 spiro atoms. The molecule has 2 rings (SSSR count). The Morgan fingerprint density at radius 2 is 1.85 bits per heavy atom. The number of halogens is 3. The number of carbonyl (C=O) groups excluding carboxylic acids is 1. The van der Waals surface area contributed by atoms with E-state index in [1.54, 1.807) is 13.1 Å². The van der Waals surface area contributed by atoms with E-state index in [9.17, 15) is 18.0 Å². The number of amides is 1. The summed E-state index contributed by atoms with van der Waals surface area (Å²) in [4.78, 5) is 22.9. The fraction of sp³-hybridized carbons (Fsp3) is 0.722. The van der Waals surface area contributed by atoms with E-state index in [1.807, 2.05) is 6.92 Å². The molecule has 0 aliphatic carbocycles. The molecule has 146 valence electrons. The molecule has 1 aromatic rings. The maximum atomic E-state index is 12.2. The number of nitrogens with zero attached hydrogens (tertiary/aromatic N) is 3. The zero-order valence-electron chi connectivity index (χ0n) is 15.4. The van der Waals surface area contributed by atoms with Crippen LogP contribution in [-0.2, 0) is 4.79 Å². The molecule has 1 aliphatic rings. The summed E-state index contributed by atoms with van der Waals surface area (Å²) >= 11 is 0. The molecule has 0 aromatic carbocycles. The predicted octanol–water partition coefficient (Wildman–Crippen LogP) is 4.08. The number of rotatable bonds is 5. The first kappa shape index (κ1) is 20.5. The molecule has 8 heteroatoms. The van der Waals surface area contributed by atoms with Crippen LogP contribution < -0.4 is 10.2 Å². The van der Waals surface area contributed by atoms with E-state index in [-0.39, 0.29) is 0 Å². The molecule has 1 aliphatic heterocycles. The lowest BCUT2D eigenvalue weighted by atomic mass is 10.1. The van der Waals surface area contributed by atoms with E-state index in [4.69, 9.17) is 0 Å². The summed E-state index contributed by atoms with van der Waals surface area (Å²) < 4.78 is 36.6. The third-order valence-corrected chi connectivity index (χ3v) is 4.62. The van der Waals surface area contributed by atoms with Crippen LogP contribution in [-0.4, -0.2) is 35.1 Å². The number of aryl methyl sites for hydroxylation is 1. The summed E-state index contributed by atoms with van der Waals surface area (Å²) in [6.07, 6.45) is 1.61. The van der Waals surface area contributed by atoms with Gasteiger partial charge in [-0.3, -0.25) is 4.79 Å². The molecule has 26 heavy (non-hydrogen) atoms. The van der Waals surface area contributed by atoms with Crippen molar-refractivity contribution in [3.8, 4) is 0 Å². The third-order valence-electron chi connectivity index (χ3n) is 4.62. The lowest BCUT2D eigenvalue weighted by Crippen LogP contribution is -2.30. The van der Waals surface area contributed by atoms with Crippen molar-refractivity contribution < 1.29 is 18.0 Å². The minimum absolute atomic E-state index is 0.433. The number of hydrogen-bond acceptors (Lipinski definition) is 4. The number of carbonyl (C=O) groups is 1. The summed E-state index contributed by atoms with van der Waals surface area (Å²) in [6, 6.07) is -0.433. The number of hydrogen-bond donors (Lipinski definition) is 1. The molecule has 1 N–H and O–H groups in total. The van der Waals surface area contributed by atoms with E-state index in [0.29, 0.717) is 5.95 Å².